The summed E-state index contributed by atoms with van der Waals surface area (Å²) in [6.45, 7) is 2.36. The maximum absolute atomic E-state index is 11.8. The molecule has 1 aliphatic rings. The topological polar surface area (TPSA) is 64.3 Å². The van der Waals surface area contributed by atoms with Crippen LogP contribution >= 0.6 is 0 Å². The molecule has 3 N–H and O–H groups in total. The second-order valence-corrected chi connectivity index (χ2v) is 5.53. The molecular weight excluding hydrogens is 252 g/mol. The first-order chi connectivity index (χ1) is 9.65. The van der Waals surface area contributed by atoms with Crippen molar-refractivity contribution in [1.29, 1.82) is 0 Å². The molecule has 20 heavy (non-hydrogen) atoms. The van der Waals surface area contributed by atoms with Gasteiger partial charge in [-0.1, -0.05) is 19.3 Å². The van der Waals surface area contributed by atoms with E-state index >= 15 is 0 Å². The number of nitrogen functional groups attached to an aromatic ring is 1. The van der Waals surface area contributed by atoms with E-state index in [1.165, 1.54) is 19.3 Å². The van der Waals surface area contributed by atoms with Crippen LogP contribution in [-0.2, 0) is 4.79 Å². The van der Waals surface area contributed by atoms with Gasteiger partial charge in [0, 0.05) is 11.7 Å². The molecule has 1 saturated carbocycles. The van der Waals surface area contributed by atoms with Crippen LogP contribution in [-0.4, -0.2) is 18.6 Å². The van der Waals surface area contributed by atoms with E-state index < -0.39 is 0 Å². The summed E-state index contributed by atoms with van der Waals surface area (Å²) in [7, 11) is 0. The van der Waals surface area contributed by atoms with Crippen molar-refractivity contribution in [2.24, 2.45) is 0 Å². The van der Waals surface area contributed by atoms with Gasteiger partial charge in [0.25, 0.3) is 0 Å². The first-order valence-corrected chi connectivity index (χ1v) is 7.43. The number of nitrogens with one attached hydrogen (secondary N) is 1. The Morgan fingerprint density at radius 3 is 2.80 bits per heavy atom. The number of rotatable bonds is 5. The Morgan fingerprint density at radius 1 is 1.35 bits per heavy atom. The number of carbonyl (C=O) groups is 1. The molecule has 4 heteroatoms. The Kier molecular flexibility index (Phi) is 5.27. The lowest BCUT2D eigenvalue weighted by molar-refractivity contribution is -0.122. The van der Waals surface area contributed by atoms with Crippen LogP contribution in [0.15, 0.2) is 18.2 Å². The fraction of sp³-hybridized carbons (Fsp3) is 0.562. The van der Waals surface area contributed by atoms with E-state index in [1.54, 1.807) is 0 Å². The Labute approximate surface area is 120 Å². The minimum Gasteiger partial charge on any atom is -0.493 e. The third kappa shape index (κ3) is 4.44. The van der Waals surface area contributed by atoms with E-state index in [0.29, 0.717) is 19.1 Å². The first-order valence-electron chi connectivity index (χ1n) is 7.43. The van der Waals surface area contributed by atoms with Crippen molar-refractivity contribution in [3.05, 3.63) is 23.8 Å². The number of hydrogen-bond acceptors (Lipinski definition) is 3. The zero-order chi connectivity index (χ0) is 14.4. The highest BCUT2D eigenvalue weighted by atomic mass is 16.5. The highest BCUT2D eigenvalue weighted by Crippen LogP contribution is 2.20. The largest absolute Gasteiger partial charge is 0.493 e. The van der Waals surface area contributed by atoms with Crippen LogP contribution in [0.1, 0.15) is 44.1 Å². The van der Waals surface area contributed by atoms with Gasteiger partial charge in [0.05, 0.1) is 13.0 Å². The molecule has 0 aliphatic heterocycles. The molecule has 0 aromatic heterocycles. The lowest BCUT2D eigenvalue weighted by Gasteiger charge is -2.22. The van der Waals surface area contributed by atoms with Gasteiger partial charge in [-0.25, -0.2) is 0 Å². The van der Waals surface area contributed by atoms with Crippen molar-refractivity contribution >= 4 is 11.6 Å². The SMILES string of the molecule is Cc1cc(N)ccc1OCCC(=O)NC1CCCCC1. The summed E-state index contributed by atoms with van der Waals surface area (Å²) in [5.41, 5.74) is 7.41. The minimum atomic E-state index is 0.0880. The van der Waals surface area contributed by atoms with Gasteiger partial charge in [0.2, 0.25) is 5.91 Å². The standard InChI is InChI=1S/C16H24N2O2/c1-12-11-13(17)7-8-15(12)20-10-9-16(19)18-14-5-3-2-4-6-14/h7-8,11,14H,2-6,9-10,17H2,1H3,(H,18,19). The fourth-order valence-electron chi connectivity index (χ4n) is 2.63. The number of anilines is 1. The van der Waals surface area contributed by atoms with Crippen LogP contribution in [0, 0.1) is 6.92 Å². The molecule has 1 aromatic carbocycles. The van der Waals surface area contributed by atoms with E-state index in [0.717, 1.165) is 29.8 Å². The van der Waals surface area contributed by atoms with Gasteiger partial charge < -0.3 is 15.8 Å². The molecule has 0 unspecified atom stereocenters. The second kappa shape index (κ2) is 7.17. The quantitative estimate of drug-likeness (QED) is 0.813. The maximum Gasteiger partial charge on any atom is 0.223 e. The summed E-state index contributed by atoms with van der Waals surface area (Å²) in [4.78, 5) is 11.8. The zero-order valence-electron chi connectivity index (χ0n) is 12.2. The maximum atomic E-state index is 11.8. The Bertz CT molecular complexity index is 454. The van der Waals surface area contributed by atoms with Crippen LogP contribution in [0.25, 0.3) is 0 Å². The predicted octanol–water partition coefficient (Wildman–Crippen LogP) is 2.80. The second-order valence-electron chi connectivity index (χ2n) is 5.53. The molecule has 4 nitrogen and oxygen atoms in total. The summed E-state index contributed by atoms with van der Waals surface area (Å²) in [6, 6.07) is 5.90. The molecule has 1 amide bonds. The van der Waals surface area contributed by atoms with Crippen LogP contribution in [0.5, 0.6) is 5.75 Å². The molecule has 0 radical (unpaired) electrons. The number of benzene rings is 1. The number of ether oxygens (including phenoxy) is 1. The third-order valence-corrected chi connectivity index (χ3v) is 3.76. The number of carbonyl (C=O) groups excluding carboxylic acids is 1. The van der Waals surface area contributed by atoms with E-state index in [9.17, 15) is 4.79 Å². The number of hydrogen-bond donors (Lipinski definition) is 2. The summed E-state index contributed by atoms with van der Waals surface area (Å²) >= 11 is 0. The highest BCUT2D eigenvalue weighted by molar-refractivity contribution is 5.76. The highest BCUT2D eigenvalue weighted by Gasteiger charge is 2.15. The van der Waals surface area contributed by atoms with Crippen LogP contribution < -0.4 is 15.8 Å². The fourth-order valence-corrected chi connectivity index (χ4v) is 2.63. The number of nitrogens with two attached hydrogens (primary N) is 1. The average molecular weight is 276 g/mol. The molecule has 1 aliphatic carbocycles. The summed E-state index contributed by atoms with van der Waals surface area (Å²) in [6.07, 6.45) is 6.39. The molecule has 110 valence electrons. The van der Waals surface area contributed by atoms with Crippen molar-refractivity contribution in [2.45, 2.75) is 51.5 Å². The molecule has 1 aromatic rings. The van der Waals surface area contributed by atoms with Crippen molar-refractivity contribution in [1.82, 2.24) is 5.32 Å². The Balaban J connectivity index is 1.70. The number of amides is 1. The van der Waals surface area contributed by atoms with Crippen LogP contribution in [0.4, 0.5) is 5.69 Å². The lowest BCUT2D eigenvalue weighted by atomic mass is 9.95. The van der Waals surface area contributed by atoms with Crippen molar-refractivity contribution < 1.29 is 9.53 Å². The number of aryl methyl sites for hydroxylation is 1. The van der Waals surface area contributed by atoms with Crippen molar-refractivity contribution in [3.63, 3.8) is 0 Å². The van der Waals surface area contributed by atoms with Gasteiger partial charge in [0.1, 0.15) is 5.75 Å². The normalized spacial score (nSPS) is 15.8. The smallest absolute Gasteiger partial charge is 0.223 e. The first kappa shape index (κ1) is 14.7. The van der Waals surface area contributed by atoms with E-state index in [4.69, 9.17) is 10.5 Å². The van der Waals surface area contributed by atoms with E-state index in [2.05, 4.69) is 5.32 Å². The van der Waals surface area contributed by atoms with E-state index in [-0.39, 0.29) is 5.91 Å². The monoisotopic (exact) mass is 276 g/mol. The Morgan fingerprint density at radius 2 is 2.10 bits per heavy atom. The summed E-state index contributed by atoms with van der Waals surface area (Å²) in [5, 5.41) is 3.09. The molecule has 0 atom stereocenters. The third-order valence-electron chi connectivity index (χ3n) is 3.76. The molecule has 0 saturated heterocycles. The van der Waals surface area contributed by atoms with Gasteiger partial charge in [0.15, 0.2) is 0 Å². The molecule has 1 fully saturated rings. The van der Waals surface area contributed by atoms with Gasteiger partial charge in [-0.15, -0.1) is 0 Å². The predicted molar refractivity (Wildman–Crippen MR) is 80.7 cm³/mol. The van der Waals surface area contributed by atoms with Crippen LogP contribution in [0.3, 0.4) is 0 Å². The average Bonchev–Trinajstić information content (AvgIpc) is 2.42. The minimum absolute atomic E-state index is 0.0880. The van der Waals surface area contributed by atoms with Crippen LogP contribution in [0.2, 0.25) is 0 Å². The van der Waals surface area contributed by atoms with Gasteiger partial charge >= 0.3 is 0 Å². The summed E-state index contributed by atoms with van der Waals surface area (Å²) < 4.78 is 5.64. The molecule has 2 rings (SSSR count). The molecule has 0 heterocycles. The Hall–Kier alpha value is -1.71. The van der Waals surface area contributed by atoms with Gasteiger partial charge in [-0.3, -0.25) is 4.79 Å². The zero-order valence-corrected chi connectivity index (χ0v) is 12.2. The van der Waals surface area contributed by atoms with Gasteiger partial charge in [-0.05, 0) is 43.5 Å². The van der Waals surface area contributed by atoms with E-state index in [1.807, 2.05) is 25.1 Å². The lowest BCUT2D eigenvalue weighted by Crippen LogP contribution is -2.36. The van der Waals surface area contributed by atoms with Crippen molar-refractivity contribution in [2.75, 3.05) is 12.3 Å². The molecule has 0 spiro atoms. The van der Waals surface area contributed by atoms with Crippen molar-refractivity contribution in [3.8, 4) is 5.75 Å². The molecular formula is C16H24N2O2. The van der Waals surface area contributed by atoms with Gasteiger partial charge in [-0.2, -0.15) is 0 Å². The molecule has 0 bridgehead atoms. The summed E-state index contributed by atoms with van der Waals surface area (Å²) in [5.74, 6) is 0.884.